The van der Waals surface area contributed by atoms with Gasteiger partial charge in [0.2, 0.25) is 0 Å². The molecule has 1 atom stereocenters. The van der Waals surface area contributed by atoms with Gasteiger partial charge in [-0.05, 0) is 24.3 Å². The van der Waals surface area contributed by atoms with Crippen molar-refractivity contribution in [2.24, 2.45) is 5.92 Å². The van der Waals surface area contributed by atoms with E-state index in [1.807, 2.05) is 0 Å². The van der Waals surface area contributed by atoms with E-state index in [1.54, 1.807) is 0 Å². The zero-order valence-electron chi connectivity index (χ0n) is 10.9. The maximum Gasteiger partial charge on any atom is -0.0276 e. The molecule has 1 aromatic rings. The summed E-state index contributed by atoms with van der Waals surface area (Å²) in [4.78, 5) is 0. The van der Waals surface area contributed by atoms with Gasteiger partial charge >= 0.3 is 0 Å². The summed E-state index contributed by atoms with van der Waals surface area (Å²) in [5.41, 5.74) is 1.49. The van der Waals surface area contributed by atoms with Gasteiger partial charge in [0.05, 0.1) is 0 Å². The quantitative estimate of drug-likeness (QED) is 0.524. The van der Waals surface area contributed by atoms with Gasteiger partial charge in [-0.3, -0.25) is 0 Å². The molecule has 16 heavy (non-hydrogen) atoms. The van der Waals surface area contributed by atoms with E-state index in [1.165, 1.54) is 50.5 Å². The van der Waals surface area contributed by atoms with Crippen molar-refractivity contribution in [3.05, 3.63) is 35.9 Å². The third-order valence-electron chi connectivity index (χ3n) is 3.32. The molecule has 0 fully saturated rings. The molecular formula is C16H26. The fourth-order valence-corrected chi connectivity index (χ4v) is 2.12. The lowest BCUT2D eigenvalue weighted by Crippen LogP contribution is -1.97. The smallest absolute Gasteiger partial charge is 0.0276 e. The second-order valence-electron chi connectivity index (χ2n) is 4.98. The predicted octanol–water partition coefficient (Wildman–Crippen LogP) is 5.23. The summed E-state index contributed by atoms with van der Waals surface area (Å²) < 4.78 is 0. The van der Waals surface area contributed by atoms with Crippen molar-refractivity contribution in [3.63, 3.8) is 0 Å². The number of benzene rings is 1. The second-order valence-corrected chi connectivity index (χ2v) is 4.98. The third kappa shape index (κ3) is 5.95. The molecule has 0 spiro atoms. The molecule has 0 bridgehead atoms. The molecule has 0 heterocycles. The molecule has 0 heteroatoms. The number of unbranched alkanes of at least 4 members (excludes halogenated alkanes) is 3. The topological polar surface area (TPSA) is 0 Å². The highest BCUT2D eigenvalue weighted by Gasteiger charge is 2.02. The number of hydrogen-bond acceptors (Lipinski definition) is 0. The summed E-state index contributed by atoms with van der Waals surface area (Å²) >= 11 is 0. The summed E-state index contributed by atoms with van der Waals surface area (Å²) in [6.07, 6.45) is 9.60. The minimum atomic E-state index is 0.886. The molecular weight excluding hydrogens is 192 g/mol. The van der Waals surface area contributed by atoms with Gasteiger partial charge in [-0.2, -0.15) is 0 Å². The van der Waals surface area contributed by atoms with E-state index in [-0.39, 0.29) is 0 Å². The molecule has 0 N–H and O–H groups in total. The van der Waals surface area contributed by atoms with Gasteiger partial charge in [0, 0.05) is 0 Å². The van der Waals surface area contributed by atoms with Crippen LogP contribution in [0.4, 0.5) is 0 Å². The highest BCUT2D eigenvalue weighted by Crippen LogP contribution is 2.16. The number of hydrogen-bond donors (Lipinski definition) is 0. The molecule has 1 aromatic carbocycles. The molecule has 0 amide bonds. The number of rotatable bonds is 8. The van der Waals surface area contributed by atoms with Gasteiger partial charge in [0.15, 0.2) is 0 Å². The third-order valence-corrected chi connectivity index (χ3v) is 3.32. The summed E-state index contributed by atoms with van der Waals surface area (Å²) in [6.45, 7) is 4.67. The Morgan fingerprint density at radius 3 is 2.38 bits per heavy atom. The maximum absolute atomic E-state index is 2.40. The highest BCUT2D eigenvalue weighted by molar-refractivity contribution is 5.14. The van der Waals surface area contributed by atoms with Crippen molar-refractivity contribution < 1.29 is 0 Å². The Bertz CT molecular complexity index is 250. The Hall–Kier alpha value is -0.780. The molecule has 90 valence electrons. The molecule has 0 aliphatic heterocycles. The van der Waals surface area contributed by atoms with E-state index in [2.05, 4.69) is 44.2 Å². The summed E-state index contributed by atoms with van der Waals surface area (Å²) in [5, 5.41) is 0. The van der Waals surface area contributed by atoms with Crippen LogP contribution in [0.3, 0.4) is 0 Å². The van der Waals surface area contributed by atoms with Crippen LogP contribution in [0.2, 0.25) is 0 Å². The average Bonchev–Trinajstić information content (AvgIpc) is 2.33. The molecule has 1 rings (SSSR count). The molecule has 0 saturated carbocycles. The minimum Gasteiger partial charge on any atom is -0.0654 e. The fourth-order valence-electron chi connectivity index (χ4n) is 2.12. The monoisotopic (exact) mass is 218 g/mol. The van der Waals surface area contributed by atoms with Gasteiger partial charge in [0.1, 0.15) is 0 Å². The summed E-state index contributed by atoms with van der Waals surface area (Å²) in [7, 11) is 0. The van der Waals surface area contributed by atoms with Crippen molar-refractivity contribution in [2.75, 3.05) is 0 Å². The zero-order valence-corrected chi connectivity index (χ0v) is 10.9. The normalized spacial score (nSPS) is 12.6. The molecule has 0 nitrogen and oxygen atoms in total. The Morgan fingerprint density at radius 2 is 1.69 bits per heavy atom. The molecule has 0 aliphatic carbocycles. The lowest BCUT2D eigenvalue weighted by Gasteiger charge is -2.10. The van der Waals surface area contributed by atoms with E-state index in [4.69, 9.17) is 0 Å². The van der Waals surface area contributed by atoms with Crippen LogP contribution < -0.4 is 0 Å². The molecule has 1 unspecified atom stereocenters. The first-order valence-corrected chi connectivity index (χ1v) is 6.87. The number of aryl methyl sites for hydroxylation is 1. The van der Waals surface area contributed by atoms with Crippen molar-refractivity contribution in [3.8, 4) is 0 Å². The van der Waals surface area contributed by atoms with Crippen LogP contribution in [-0.2, 0) is 6.42 Å². The van der Waals surface area contributed by atoms with E-state index in [9.17, 15) is 0 Å². The van der Waals surface area contributed by atoms with Crippen LogP contribution >= 0.6 is 0 Å². The van der Waals surface area contributed by atoms with Gasteiger partial charge in [-0.1, -0.05) is 76.3 Å². The van der Waals surface area contributed by atoms with Crippen LogP contribution in [0.15, 0.2) is 30.3 Å². The molecule has 0 aromatic heterocycles. The maximum atomic E-state index is 2.40. The standard InChI is InChI=1S/C16H26/c1-3-4-5-7-10-15(2)13-14-16-11-8-6-9-12-16/h6,8-9,11-12,15H,3-5,7,10,13-14H2,1-2H3. The Morgan fingerprint density at radius 1 is 0.938 bits per heavy atom. The first-order chi connectivity index (χ1) is 7.83. The van der Waals surface area contributed by atoms with Gasteiger partial charge in [-0.25, -0.2) is 0 Å². The molecule has 0 aliphatic rings. The zero-order chi connectivity index (χ0) is 11.6. The SMILES string of the molecule is CCCCCCC(C)CCc1ccccc1. The van der Waals surface area contributed by atoms with Crippen LogP contribution in [0, 0.1) is 5.92 Å². The van der Waals surface area contributed by atoms with Crippen LogP contribution in [-0.4, -0.2) is 0 Å². The fraction of sp³-hybridized carbons (Fsp3) is 0.625. The lowest BCUT2D eigenvalue weighted by molar-refractivity contribution is 0.460. The van der Waals surface area contributed by atoms with E-state index in [0.717, 1.165) is 5.92 Å². The van der Waals surface area contributed by atoms with Crippen molar-refractivity contribution >= 4 is 0 Å². The average molecular weight is 218 g/mol. The van der Waals surface area contributed by atoms with Crippen LogP contribution in [0.1, 0.15) is 57.9 Å². The van der Waals surface area contributed by atoms with Gasteiger partial charge in [0.25, 0.3) is 0 Å². The van der Waals surface area contributed by atoms with Crippen molar-refractivity contribution in [1.82, 2.24) is 0 Å². The lowest BCUT2D eigenvalue weighted by atomic mass is 9.95. The Kier molecular flexibility index (Phi) is 6.96. The Labute approximate surface area is 101 Å². The first-order valence-electron chi connectivity index (χ1n) is 6.87. The van der Waals surface area contributed by atoms with Gasteiger partial charge in [-0.15, -0.1) is 0 Å². The molecule has 0 saturated heterocycles. The van der Waals surface area contributed by atoms with Crippen molar-refractivity contribution in [1.29, 1.82) is 0 Å². The Balaban J connectivity index is 2.08. The summed E-state index contributed by atoms with van der Waals surface area (Å²) in [5.74, 6) is 0.886. The largest absolute Gasteiger partial charge is 0.0654 e. The predicted molar refractivity (Wildman–Crippen MR) is 72.7 cm³/mol. The van der Waals surface area contributed by atoms with Crippen molar-refractivity contribution in [2.45, 2.75) is 58.8 Å². The van der Waals surface area contributed by atoms with Gasteiger partial charge < -0.3 is 0 Å². The minimum absolute atomic E-state index is 0.886. The van der Waals surface area contributed by atoms with E-state index >= 15 is 0 Å². The first kappa shape index (κ1) is 13.3. The van der Waals surface area contributed by atoms with E-state index in [0.29, 0.717) is 0 Å². The van der Waals surface area contributed by atoms with E-state index < -0.39 is 0 Å². The van der Waals surface area contributed by atoms with Crippen LogP contribution in [0.5, 0.6) is 0 Å². The summed E-state index contributed by atoms with van der Waals surface area (Å²) in [6, 6.07) is 10.9. The second kappa shape index (κ2) is 8.38. The molecule has 0 radical (unpaired) electrons. The van der Waals surface area contributed by atoms with Crippen LogP contribution in [0.25, 0.3) is 0 Å². The highest BCUT2D eigenvalue weighted by atomic mass is 14.1.